The molecule has 1 saturated heterocycles. The molecular weight excluding hydrogens is 260 g/mol. The number of hydrogen-bond donors (Lipinski definition) is 2. The molecule has 5 heteroatoms. The van der Waals surface area contributed by atoms with E-state index in [2.05, 4.69) is 17.0 Å². The van der Waals surface area contributed by atoms with E-state index in [-0.39, 0.29) is 6.04 Å². The summed E-state index contributed by atoms with van der Waals surface area (Å²) in [4.78, 5) is 0.393. The molecule has 1 aliphatic rings. The first-order chi connectivity index (χ1) is 8.88. The zero-order chi connectivity index (χ0) is 14.0. The quantitative estimate of drug-likeness (QED) is 0.887. The SMILES string of the molecule is Cc1ccc(S(=O)(=O)NC2CCNC(C)C2)c(C)c1. The standard InChI is InChI=1S/C14H22N2O2S/c1-10-4-5-14(11(2)8-10)19(17,18)16-13-6-7-15-12(3)9-13/h4-5,8,12-13,15-16H,6-7,9H2,1-3H3. The second-order valence-electron chi connectivity index (χ2n) is 5.47. The third kappa shape index (κ3) is 3.55. The molecule has 0 radical (unpaired) electrons. The number of benzene rings is 1. The van der Waals surface area contributed by atoms with E-state index in [9.17, 15) is 8.42 Å². The Balaban J connectivity index is 2.18. The first-order valence-electron chi connectivity index (χ1n) is 6.71. The minimum Gasteiger partial charge on any atom is -0.314 e. The minimum absolute atomic E-state index is 0.0296. The smallest absolute Gasteiger partial charge is 0.241 e. The van der Waals surface area contributed by atoms with Crippen molar-refractivity contribution in [2.24, 2.45) is 0 Å². The third-order valence-electron chi connectivity index (χ3n) is 3.57. The number of hydrogen-bond acceptors (Lipinski definition) is 3. The van der Waals surface area contributed by atoms with E-state index in [4.69, 9.17) is 0 Å². The summed E-state index contributed by atoms with van der Waals surface area (Å²) in [5, 5.41) is 3.32. The Morgan fingerprint density at radius 2 is 2.05 bits per heavy atom. The molecule has 0 spiro atoms. The van der Waals surface area contributed by atoms with E-state index in [1.54, 1.807) is 6.07 Å². The lowest BCUT2D eigenvalue weighted by Gasteiger charge is -2.28. The van der Waals surface area contributed by atoms with Gasteiger partial charge in [-0.15, -0.1) is 0 Å². The van der Waals surface area contributed by atoms with Gasteiger partial charge in [0.2, 0.25) is 10.0 Å². The third-order valence-corrected chi connectivity index (χ3v) is 5.25. The number of rotatable bonds is 3. The van der Waals surface area contributed by atoms with Crippen LogP contribution in [0.25, 0.3) is 0 Å². The van der Waals surface area contributed by atoms with Crippen LogP contribution in [0, 0.1) is 13.8 Å². The molecule has 19 heavy (non-hydrogen) atoms. The summed E-state index contributed by atoms with van der Waals surface area (Å²) >= 11 is 0. The highest BCUT2D eigenvalue weighted by atomic mass is 32.2. The summed E-state index contributed by atoms with van der Waals surface area (Å²) in [5.74, 6) is 0. The van der Waals surface area contributed by atoms with Crippen LogP contribution in [-0.2, 0) is 10.0 Å². The first-order valence-corrected chi connectivity index (χ1v) is 8.20. The van der Waals surface area contributed by atoms with Crippen LogP contribution in [-0.4, -0.2) is 27.0 Å². The number of aryl methyl sites for hydroxylation is 2. The van der Waals surface area contributed by atoms with Gasteiger partial charge in [-0.2, -0.15) is 0 Å². The highest BCUT2D eigenvalue weighted by Crippen LogP contribution is 2.18. The maximum absolute atomic E-state index is 12.4. The predicted octanol–water partition coefficient (Wildman–Crippen LogP) is 1.72. The van der Waals surface area contributed by atoms with Gasteiger partial charge in [-0.1, -0.05) is 17.7 Å². The molecule has 1 fully saturated rings. The fraction of sp³-hybridized carbons (Fsp3) is 0.571. The van der Waals surface area contributed by atoms with E-state index in [0.29, 0.717) is 10.9 Å². The van der Waals surface area contributed by atoms with Crippen molar-refractivity contribution < 1.29 is 8.42 Å². The second-order valence-corrected chi connectivity index (χ2v) is 7.15. The van der Waals surface area contributed by atoms with Gasteiger partial charge in [0.15, 0.2) is 0 Å². The van der Waals surface area contributed by atoms with Crippen molar-refractivity contribution in [3.05, 3.63) is 29.3 Å². The van der Waals surface area contributed by atoms with Gasteiger partial charge in [0.25, 0.3) is 0 Å². The molecule has 2 unspecified atom stereocenters. The summed E-state index contributed by atoms with van der Waals surface area (Å²) in [5.41, 5.74) is 1.88. The van der Waals surface area contributed by atoms with E-state index in [1.807, 2.05) is 26.0 Å². The Kier molecular flexibility index (Phi) is 4.28. The minimum atomic E-state index is -3.41. The van der Waals surface area contributed by atoms with Crippen LogP contribution in [0.5, 0.6) is 0 Å². The molecule has 0 bridgehead atoms. The van der Waals surface area contributed by atoms with Gasteiger partial charge in [-0.25, -0.2) is 13.1 Å². The summed E-state index contributed by atoms with van der Waals surface area (Å²) in [7, 11) is -3.41. The van der Waals surface area contributed by atoms with Crippen molar-refractivity contribution in [2.45, 2.75) is 50.6 Å². The molecular formula is C14H22N2O2S. The Morgan fingerprint density at radius 1 is 1.32 bits per heavy atom. The van der Waals surface area contributed by atoms with Crippen molar-refractivity contribution in [1.29, 1.82) is 0 Å². The number of nitrogens with one attached hydrogen (secondary N) is 2. The van der Waals surface area contributed by atoms with Gasteiger partial charge in [0.1, 0.15) is 0 Å². The highest BCUT2D eigenvalue weighted by Gasteiger charge is 2.25. The van der Waals surface area contributed by atoms with Crippen LogP contribution < -0.4 is 10.0 Å². The average Bonchev–Trinajstić information content (AvgIpc) is 2.27. The fourth-order valence-corrected chi connectivity index (χ4v) is 4.13. The lowest BCUT2D eigenvalue weighted by atomic mass is 10.0. The van der Waals surface area contributed by atoms with Crippen LogP contribution in [0.3, 0.4) is 0 Å². The molecule has 2 atom stereocenters. The van der Waals surface area contributed by atoms with Crippen LogP contribution >= 0.6 is 0 Å². The van der Waals surface area contributed by atoms with E-state index in [0.717, 1.165) is 30.5 Å². The van der Waals surface area contributed by atoms with E-state index >= 15 is 0 Å². The molecule has 1 aromatic carbocycles. The fourth-order valence-electron chi connectivity index (χ4n) is 2.62. The molecule has 1 aromatic rings. The average molecular weight is 282 g/mol. The van der Waals surface area contributed by atoms with Crippen molar-refractivity contribution >= 4 is 10.0 Å². The van der Waals surface area contributed by atoms with Gasteiger partial charge in [-0.05, 0) is 51.8 Å². The summed E-state index contributed by atoms with van der Waals surface area (Å²) < 4.78 is 27.6. The lowest BCUT2D eigenvalue weighted by molar-refractivity contribution is 0.361. The second kappa shape index (κ2) is 5.61. The number of piperidine rings is 1. The molecule has 106 valence electrons. The molecule has 0 amide bonds. The van der Waals surface area contributed by atoms with Crippen molar-refractivity contribution in [2.75, 3.05) is 6.54 Å². The Morgan fingerprint density at radius 3 is 2.68 bits per heavy atom. The van der Waals surface area contributed by atoms with Crippen molar-refractivity contribution in [3.8, 4) is 0 Å². The Hall–Kier alpha value is -0.910. The van der Waals surface area contributed by atoms with E-state index in [1.165, 1.54) is 0 Å². The lowest BCUT2D eigenvalue weighted by Crippen LogP contribution is -2.46. The maximum Gasteiger partial charge on any atom is 0.241 e. The summed E-state index contributed by atoms with van der Waals surface area (Å²) in [6, 6.07) is 5.83. The van der Waals surface area contributed by atoms with Crippen molar-refractivity contribution in [1.82, 2.24) is 10.0 Å². The molecule has 0 saturated carbocycles. The molecule has 1 aliphatic heterocycles. The highest BCUT2D eigenvalue weighted by molar-refractivity contribution is 7.89. The molecule has 4 nitrogen and oxygen atoms in total. The molecule has 2 rings (SSSR count). The summed E-state index contributed by atoms with van der Waals surface area (Å²) in [6.07, 6.45) is 1.68. The van der Waals surface area contributed by atoms with Crippen LogP contribution in [0.15, 0.2) is 23.1 Å². The monoisotopic (exact) mass is 282 g/mol. The van der Waals surface area contributed by atoms with Gasteiger partial charge in [0.05, 0.1) is 4.90 Å². The molecule has 0 aromatic heterocycles. The Bertz CT molecular complexity index is 555. The normalized spacial score (nSPS) is 24.4. The van der Waals surface area contributed by atoms with Gasteiger partial charge < -0.3 is 5.32 Å². The molecule has 0 aliphatic carbocycles. The number of sulfonamides is 1. The Labute approximate surface area is 115 Å². The zero-order valence-corrected chi connectivity index (χ0v) is 12.5. The summed E-state index contributed by atoms with van der Waals surface area (Å²) in [6.45, 7) is 6.75. The first kappa shape index (κ1) is 14.5. The van der Waals surface area contributed by atoms with Crippen LogP contribution in [0.2, 0.25) is 0 Å². The zero-order valence-electron chi connectivity index (χ0n) is 11.7. The molecule has 2 N–H and O–H groups in total. The van der Waals surface area contributed by atoms with Crippen molar-refractivity contribution in [3.63, 3.8) is 0 Å². The van der Waals surface area contributed by atoms with Gasteiger partial charge in [0, 0.05) is 12.1 Å². The van der Waals surface area contributed by atoms with E-state index < -0.39 is 10.0 Å². The maximum atomic E-state index is 12.4. The predicted molar refractivity (Wildman–Crippen MR) is 76.7 cm³/mol. The van der Waals surface area contributed by atoms with Crippen LogP contribution in [0.4, 0.5) is 0 Å². The largest absolute Gasteiger partial charge is 0.314 e. The van der Waals surface area contributed by atoms with Gasteiger partial charge >= 0.3 is 0 Å². The topological polar surface area (TPSA) is 58.2 Å². The van der Waals surface area contributed by atoms with Crippen LogP contribution in [0.1, 0.15) is 30.9 Å². The van der Waals surface area contributed by atoms with Gasteiger partial charge in [-0.3, -0.25) is 0 Å². The molecule has 1 heterocycles.